The fourth-order valence-electron chi connectivity index (χ4n) is 3.80. The summed E-state index contributed by atoms with van der Waals surface area (Å²) in [6.07, 6.45) is 4.99. The van der Waals surface area contributed by atoms with Crippen LogP contribution in [-0.4, -0.2) is 34.9 Å². The molecule has 0 bridgehead atoms. The summed E-state index contributed by atoms with van der Waals surface area (Å²) < 4.78 is 0. The highest BCUT2D eigenvalue weighted by molar-refractivity contribution is 7.13. The van der Waals surface area contributed by atoms with Gasteiger partial charge < -0.3 is 10.6 Å². The largest absolute Gasteiger partial charge is 0.359 e. The predicted molar refractivity (Wildman–Crippen MR) is 110 cm³/mol. The van der Waals surface area contributed by atoms with Gasteiger partial charge in [-0.25, -0.2) is 4.98 Å². The first-order valence-corrected chi connectivity index (χ1v) is 10.3. The van der Waals surface area contributed by atoms with Gasteiger partial charge in [0.15, 0.2) is 0 Å². The number of aromatic nitrogens is 2. The molecule has 144 valence electrons. The van der Waals surface area contributed by atoms with Crippen LogP contribution in [0.1, 0.15) is 36.0 Å². The van der Waals surface area contributed by atoms with E-state index in [2.05, 4.69) is 15.6 Å². The van der Waals surface area contributed by atoms with Gasteiger partial charge >= 0.3 is 0 Å². The van der Waals surface area contributed by atoms with Gasteiger partial charge in [0.25, 0.3) is 5.91 Å². The van der Waals surface area contributed by atoms with E-state index in [0.717, 1.165) is 47.2 Å². The third kappa shape index (κ3) is 3.75. The second kappa shape index (κ2) is 8.06. The van der Waals surface area contributed by atoms with Crippen molar-refractivity contribution in [1.82, 2.24) is 20.6 Å². The van der Waals surface area contributed by atoms with Gasteiger partial charge in [0.05, 0.1) is 27.2 Å². The predicted octanol–water partition coefficient (Wildman–Crippen LogP) is 3.39. The SMILES string of the molecule is CNC(=O)C1CCC(NC(=O)c2cc(-c3cncs3)nc3ccccc23)CC1. The van der Waals surface area contributed by atoms with Crippen LogP contribution in [0.5, 0.6) is 0 Å². The molecule has 2 amide bonds. The highest BCUT2D eigenvalue weighted by Gasteiger charge is 2.27. The van der Waals surface area contributed by atoms with Crippen LogP contribution in [0.25, 0.3) is 21.5 Å². The lowest BCUT2D eigenvalue weighted by Gasteiger charge is -2.28. The quantitative estimate of drug-likeness (QED) is 0.710. The summed E-state index contributed by atoms with van der Waals surface area (Å²) in [7, 11) is 1.67. The molecule has 1 saturated carbocycles. The van der Waals surface area contributed by atoms with Gasteiger partial charge in [-0.05, 0) is 37.8 Å². The van der Waals surface area contributed by atoms with Crippen LogP contribution in [0.15, 0.2) is 42.0 Å². The molecule has 0 aliphatic heterocycles. The number of amides is 2. The molecule has 1 aliphatic rings. The highest BCUT2D eigenvalue weighted by atomic mass is 32.1. The van der Waals surface area contributed by atoms with Crippen molar-refractivity contribution in [2.45, 2.75) is 31.7 Å². The van der Waals surface area contributed by atoms with E-state index in [1.807, 2.05) is 30.3 Å². The standard InChI is InChI=1S/C21H22N4O2S/c1-22-20(26)13-6-8-14(9-7-13)24-21(27)16-10-18(19-11-23-12-28-19)25-17-5-3-2-4-15(16)17/h2-5,10-14H,6-9H2,1H3,(H,22,26)(H,24,27). The van der Waals surface area contributed by atoms with E-state index in [0.29, 0.717) is 5.56 Å². The smallest absolute Gasteiger partial charge is 0.252 e. The van der Waals surface area contributed by atoms with Gasteiger partial charge in [-0.3, -0.25) is 14.6 Å². The second-order valence-corrected chi connectivity index (χ2v) is 7.96. The van der Waals surface area contributed by atoms with Crippen molar-refractivity contribution in [2.75, 3.05) is 7.05 Å². The summed E-state index contributed by atoms with van der Waals surface area (Å²) in [5, 5.41) is 6.73. The van der Waals surface area contributed by atoms with Gasteiger partial charge in [0.1, 0.15) is 0 Å². The Labute approximate surface area is 167 Å². The number of hydrogen-bond acceptors (Lipinski definition) is 5. The van der Waals surface area contributed by atoms with Crippen LogP contribution in [0.2, 0.25) is 0 Å². The van der Waals surface area contributed by atoms with E-state index in [1.165, 1.54) is 11.3 Å². The molecule has 28 heavy (non-hydrogen) atoms. The van der Waals surface area contributed by atoms with Crippen molar-refractivity contribution in [1.29, 1.82) is 0 Å². The highest BCUT2D eigenvalue weighted by Crippen LogP contribution is 2.28. The fourth-order valence-corrected chi connectivity index (χ4v) is 4.38. The Bertz CT molecular complexity index is 995. The van der Waals surface area contributed by atoms with Crippen molar-refractivity contribution in [3.05, 3.63) is 47.6 Å². The average molecular weight is 395 g/mol. The molecule has 2 aromatic heterocycles. The summed E-state index contributed by atoms with van der Waals surface area (Å²) in [5.41, 5.74) is 3.94. The van der Waals surface area contributed by atoms with Gasteiger partial charge in [-0.1, -0.05) is 18.2 Å². The second-order valence-electron chi connectivity index (χ2n) is 7.07. The zero-order chi connectivity index (χ0) is 19.5. The Morgan fingerprint density at radius 1 is 1.14 bits per heavy atom. The van der Waals surface area contributed by atoms with Crippen LogP contribution in [-0.2, 0) is 4.79 Å². The number of pyridine rings is 1. The lowest BCUT2D eigenvalue weighted by atomic mass is 9.85. The van der Waals surface area contributed by atoms with Crippen LogP contribution in [0.3, 0.4) is 0 Å². The van der Waals surface area contributed by atoms with Crippen molar-refractivity contribution >= 4 is 34.1 Å². The summed E-state index contributed by atoms with van der Waals surface area (Å²) in [5.74, 6) is 0.0599. The molecule has 6 nitrogen and oxygen atoms in total. The van der Waals surface area contributed by atoms with Gasteiger partial charge in [0.2, 0.25) is 5.91 Å². The molecule has 1 aliphatic carbocycles. The maximum Gasteiger partial charge on any atom is 0.252 e. The minimum Gasteiger partial charge on any atom is -0.359 e. The average Bonchev–Trinajstić information content (AvgIpc) is 3.28. The molecular weight excluding hydrogens is 372 g/mol. The van der Waals surface area contributed by atoms with E-state index >= 15 is 0 Å². The molecule has 0 atom stereocenters. The summed E-state index contributed by atoms with van der Waals surface area (Å²) >= 11 is 1.50. The Morgan fingerprint density at radius 3 is 2.64 bits per heavy atom. The Kier molecular flexibility index (Phi) is 5.34. The van der Waals surface area contributed by atoms with Crippen LogP contribution < -0.4 is 10.6 Å². The Hall–Kier alpha value is -2.80. The van der Waals surface area contributed by atoms with Gasteiger partial charge in [-0.2, -0.15) is 0 Å². The van der Waals surface area contributed by atoms with Crippen LogP contribution in [0, 0.1) is 5.92 Å². The van der Waals surface area contributed by atoms with Crippen LogP contribution in [0.4, 0.5) is 0 Å². The van der Waals surface area contributed by atoms with E-state index in [9.17, 15) is 9.59 Å². The molecule has 4 rings (SSSR count). The molecule has 0 radical (unpaired) electrons. The number of nitrogens with zero attached hydrogens (tertiary/aromatic N) is 2. The number of rotatable bonds is 4. The Morgan fingerprint density at radius 2 is 1.93 bits per heavy atom. The molecule has 0 saturated heterocycles. The first-order valence-electron chi connectivity index (χ1n) is 9.47. The van der Waals surface area contributed by atoms with Gasteiger partial charge in [-0.15, -0.1) is 11.3 Å². The first kappa shape index (κ1) is 18.6. The van der Waals surface area contributed by atoms with Crippen molar-refractivity contribution in [3.63, 3.8) is 0 Å². The molecule has 2 N–H and O–H groups in total. The van der Waals surface area contributed by atoms with Crippen LogP contribution >= 0.6 is 11.3 Å². The number of nitrogens with one attached hydrogen (secondary N) is 2. The third-order valence-corrected chi connectivity index (χ3v) is 6.12. The number of fused-ring (bicyclic) bond motifs is 1. The van der Waals surface area contributed by atoms with E-state index in [1.54, 1.807) is 18.8 Å². The lowest BCUT2D eigenvalue weighted by molar-refractivity contribution is -0.125. The van der Waals surface area contributed by atoms with E-state index < -0.39 is 0 Å². The van der Waals surface area contributed by atoms with Crippen molar-refractivity contribution in [2.24, 2.45) is 5.92 Å². The van der Waals surface area contributed by atoms with Gasteiger partial charge in [0, 0.05) is 30.6 Å². The molecule has 1 aromatic carbocycles. The number of carbonyl (C=O) groups excluding carboxylic acids is 2. The molecule has 3 aromatic rings. The van der Waals surface area contributed by atoms with E-state index in [-0.39, 0.29) is 23.8 Å². The summed E-state index contributed by atoms with van der Waals surface area (Å²) in [4.78, 5) is 34.6. The number of benzene rings is 1. The minimum absolute atomic E-state index is 0.0536. The number of carbonyl (C=O) groups is 2. The molecule has 0 unspecified atom stereocenters. The molecular formula is C21H22N4O2S. The zero-order valence-corrected chi connectivity index (χ0v) is 16.5. The number of thiazole rings is 1. The normalized spacial score (nSPS) is 19.3. The maximum atomic E-state index is 13.1. The van der Waals surface area contributed by atoms with Crippen molar-refractivity contribution in [3.8, 4) is 10.6 Å². The number of para-hydroxylation sites is 1. The zero-order valence-electron chi connectivity index (χ0n) is 15.6. The topological polar surface area (TPSA) is 84.0 Å². The Balaban J connectivity index is 1.57. The minimum atomic E-state index is -0.0900. The molecule has 1 fully saturated rings. The summed E-state index contributed by atoms with van der Waals surface area (Å²) in [6.45, 7) is 0. The lowest BCUT2D eigenvalue weighted by Crippen LogP contribution is -2.40. The molecule has 0 spiro atoms. The number of hydrogen-bond donors (Lipinski definition) is 2. The summed E-state index contributed by atoms with van der Waals surface area (Å²) in [6, 6.07) is 9.63. The molecule has 2 heterocycles. The monoisotopic (exact) mass is 394 g/mol. The maximum absolute atomic E-state index is 13.1. The third-order valence-electron chi connectivity index (χ3n) is 5.33. The fraction of sp³-hybridized carbons (Fsp3) is 0.333. The van der Waals surface area contributed by atoms with Crippen molar-refractivity contribution < 1.29 is 9.59 Å². The first-order chi connectivity index (χ1) is 13.7. The van der Waals surface area contributed by atoms with E-state index in [4.69, 9.17) is 4.98 Å². The molecule has 7 heteroatoms.